The zero-order valence-electron chi connectivity index (χ0n) is 8.15. The van der Waals surface area contributed by atoms with Crippen LogP contribution in [-0.4, -0.2) is 20.7 Å². The van der Waals surface area contributed by atoms with E-state index >= 15 is 0 Å². The fourth-order valence-corrected chi connectivity index (χ4v) is 1.12. The van der Waals surface area contributed by atoms with Gasteiger partial charge in [-0.05, 0) is 18.2 Å². The first-order valence-corrected chi connectivity index (χ1v) is 4.08. The fourth-order valence-electron chi connectivity index (χ4n) is 1.12. The molecule has 1 rings (SSSR count). The van der Waals surface area contributed by atoms with Crippen molar-refractivity contribution in [2.45, 2.75) is 6.61 Å². The molecule has 0 spiro atoms. The number of carbonyl (C=O) groups is 1. The van der Waals surface area contributed by atoms with Crippen LogP contribution in [0.15, 0.2) is 18.2 Å². The smallest absolute Gasteiger partial charge is 0.293 e. The predicted octanol–water partition coefficient (Wildman–Crippen LogP) is 1.38. The van der Waals surface area contributed by atoms with Crippen LogP contribution in [0.2, 0.25) is 0 Å². The maximum atomic E-state index is 10.0. The number of benzene rings is 1. The Bertz CT molecular complexity index is 309. The van der Waals surface area contributed by atoms with Crippen LogP contribution < -0.4 is 9.47 Å². The van der Waals surface area contributed by atoms with Crippen LogP contribution in [0.3, 0.4) is 0 Å². The second-order valence-electron chi connectivity index (χ2n) is 2.59. The summed E-state index contributed by atoms with van der Waals surface area (Å²) >= 11 is 0. The minimum atomic E-state index is 0.184. The molecular weight excluding hydrogens is 184 g/mol. The number of methoxy groups -OCH3 is 2. The third-order valence-corrected chi connectivity index (χ3v) is 1.79. The summed E-state index contributed by atoms with van der Waals surface area (Å²) in [6.45, 7) is 0.586. The lowest BCUT2D eigenvalue weighted by Gasteiger charge is -2.08. The van der Waals surface area contributed by atoms with Crippen LogP contribution in [0.1, 0.15) is 5.56 Å². The molecule has 0 saturated carbocycles. The average molecular weight is 196 g/mol. The third-order valence-electron chi connectivity index (χ3n) is 1.79. The molecule has 0 atom stereocenters. The predicted molar refractivity (Wildman–Crippen MR) is 50.4 cm³/mol. The van der Waals surface area contributed by atoms with Crippen molar-refractivity contribution in [1.29, 1.82) is 0 Å². The highest BCUT2D eigenvalue weighted by Crippen LogP contribution is 2.24. The highest BCUT2D eigenvalue weighted by molar-refractivity contribution is 5.42. The van der Waals surface area contributed by atoms with E-state index < -0.39 is 0 Å². The zero-order chi connectivity index (χ0) is 10.4. The molecule has 0 aliphatic heterocycles. The number of rotatable bonds is 5. The van der Waals surface area contributed by atoms with Crippen LogP contribution in [-0.2, 0) is 16.1 Å². The van der Waals surface area contributed by atoms with E-state index in [1.807, 2.05) is 0 Å². The molecule has 4 heteroatoms. The van der Waals surface area contributed by atoms with Crippen molar-refractivity contribution in [2.24, 2.45) is 0 Å². The van der Waals surface area contributed by atoms with Crippen LogP contribution in [0, 0.1) is 0 Å². The average Bonchev–Trinajstić information content (AvgIpc) is 2.25. The molecule has 0 aliphatic carbocycles. The highest BCUT2D eigenvalue weighted by Gasteiger charge is 2.04. The van der Waals surface area contributed by atoms with Crippen LogP contribution in [0.4, 0.5) is 0 Å². The molecule has 0 aromatic heterocycles. The minimum absolute atomic E-state index is 0.184. The van der Waals surface area contributed by atoms with Crippen molar-refractivity contribution < 1.29 is 19.0 Å². The first kappa shape index (κ1) is 10.4. The van der Waals surface area contributed by atoms with Gasteiger partial charge < -0.3 is 14.2 Å². The van der Waals surface area contributed by atoms with Crippen molar-refractivity contribution >= 4 is 6.47 Å². The van der Waals surface area contributed by atoms with Gasteiger partial charge in [0.1, 0.15) is 18.1 Å². The maximum absolute atomic E-state index is 10.0. The second kappa shape index (κ2) is 5.11. The quantitative estimate of drug-likeness (QED) is 0.667. The molecule has 0 radical (unpaired) electrons. The summed E-state index contributed by atoms with van der Waals surface area (Å²) in [6, 6.07) is 5.31. The van der Waals surface area contributed by atoms with Gasteiger partial charge in [-0.3, -0.25) is 4.79 Å². The van der Waals surface area contributed by atoms with Gasteiger partial charge in [0.25, 0.3) is 6.47 Å². The maximum Gasteiger partial charge on any atom is 0.293 e. The van der Waals surface area contributed by atoms with Crippen molar-refractivity contribution in [1.82, 2.24) is 0 Å². The summed E-state index contributed by atoms with van der Waals surface area (Å²) in [5, 5.41) is 0. The standard InChI is InChI=1S/C10H12O4/c1-12-9-3-4-10(13-2)8(5-9)6-14-7-11/h3-5,7H,6H2,1-2H3. The molecule has 0 heterocycles. The number of ether oxygens (including phenoxy) is 3. The van der Waals surface area contributed by atoms with Crippen molar-refractivity contribution in [3.05, 3.63) is 23.8 Å². The van der Waals surface area contributed by atoms with Gasteiger partial charge in [-0.25, -0.2) is 0 Å². The molecule has 4 nitrogen and oxygen atoms in total. The van der Waals surface area contributed by atoms with E-state index in [-0.39, 0.29) is 6.61 Å². The van der Waals surface area contributed by atoms with E-state index in [0.29, 0.717) is 18.0 Å². The Balaban J connectivity index is 2.89. The Morgan fingerprint density at radius 2 is 2.07 bits per heavy atom. The molecule has 1 aromatic carbocycles. The van der Waals surface area contributed by atoms with E-state index in [1.165, 1.54) is 0 Å². The lowest BCUT2D eigenvalue weighted by Crippen LogP contribution is -1.96. The second-order valence-corrected chi connectivity index (χ2v) is 2.59. The Kier molecular flexibility index (Phi) is 3.79. The SMILES string of the molecule is COc1ccc(OC)c(COC=O)c1. The molecule has 0 N–H and O–H groups in total. The molecule has 0 fully saturated rings. The van der Waals surface area contributed by atoms with E-state index in [4.69, 9.17) is 9.47 Å². The third kappa shape index (κ3) is 2.39. The Labute approximate surface area is 82.4 Å². The van der Waals surface area contributed by atoms with Crippen LogP contribution >= 0.6 is 0 Å². The van der Waals surface area contributed by atoms with Crippen molar-refractivity contribution in [2.75, 3.05) is 14.2 Å². The Morgan fingerprint density at radius 3 is 2.64 bits per heavy atom. The van der Waals surface area contributed by atoms with E-state index in [9.17, 15) is 4.79 Å². The van der Waals surface area contributed by atoms with Crippen LogP contribution in [0.5, 0.6) is 11.5 Å². The van der Waals surface area contributed by atoms with Crippen molar-refractivity contribution in [3.8, 4) is 11.5 Å². The van der Waals surface area contributed by atoms with Crippen molar-refractivity contribution in [3.63, 3.8) is 0 Å². The molecule has 0 saturated heterocycles. The Morgan fingerprint density at radius 1 is 1.29 bits per heavy atom. The molecule has 0 bridgehead atoms. The fraction of sp³-hybridized carbons (Fsp3) is 0.300. The summed E-state index contributed by atoms with van der Waals surface area (Å²) in [4.78, 5) is 10.0. The Hall–Kier alpha value is -1.71. The van der Waals surface area contributed by atoms with E-state index in [2.05, 4.69) is 4.74 Å². The topological polar surface area (TPSA) is 44.8 Å². The molecule has 1 aromatic rings. The summed E-state index contributed by atoms with van der Waals surface area (Å²) in [5.41, 5.74) is 0.777. The van der Waals surface area contributed by atoms with Gasteiger partial charge in [0.15, 0.2) is 0 Å². The first-order chi connectivity index (χ1) is 6.81. The first-order valence-electron chi connectivity index (χ1n) is 4.08. The van der Waals surface area contributed by atoms with E-state index in [0.717, 1.165) is 5.56 Å². The summed E-state index contributed by atoms with van der Waals surface area (Å²) in [5.74, 6) is 1.38. The molecule has 0 amide bonds. The molecule has 0 unspecified atom stereocenters. The van der Waals surface area contributed by atoms with Gasteiger partial charge in [0.05, 0.1) is 14.2 Å². The lowest BCUT2D eigenvalue weighted by atomic mass is 10.2. The van der Waals surface area contributed by atoms with Gasteiger partial charge in [-0.1, -0.05) is 0 Å². The number of hydrogen-bond acceptors (Lipinski definition) is 4. The summed E-state index contributed by atoms with van der Waals surface area (Å²) < 4.78 is 14.8. The number of hydrogen-bond donors (Lipinski definition) is 0. The largest absolute Gasteiger partial charge is 0.497 e. The lowest BCUT2D eigenvalue weighted by molar-refractivity contribution is -0.129. The molecule has 76 valence electrons. The number of carbonyl (C=O) groups excluding carboxylic acids is 1. The summed E-state index contributed by atoms with van der Waals surface area (Å²) in [7, 11) is 3.14. The highest BCUT2D eigenvalue weighted by atomic mass is 16.5. The van der Waals surface area contributed by atoms with E-state index in [1.54, 1.807) is 32.4 Å². The normalized spacial score (nSPS) is 9.29. The van der Waals surface area contributed by atoms with Gasteiger partial charge in [0, 0.05) is 5.56 Å². The van der Waals surface area contributed by atoms with Gasteiger partial charge >= 0.3 is 0 Å². The van der Waals surface area contributed by atoms with Crippen LogP contribution in [0.25, 0.3) is 0 Å². The molecule has 14 heavy (non-hydrogen) atoms. The monoisotopic (exact) mass is 196 g/mol. The van der Waals surface area contributed by atoms with Gasteiger partial charge in [-0.2, -0.15) is 0 Å². The summed E-state index contributed by atoms with van der Waals surface area (Å²) in [6.07, 6.45) is 0. The minimum Gasteiger partial charge on any atom is -0.497 e. The van der Waals surface area contributed by atoms with Gasteiger partial charge in [-0.15, -0.1) is 0 Å². The molecular formula is C10H12O4. The molecule has 0 aliphatic rings. The van der Waals surface area contributed by atoms with Gasteiger partial charge in [0.2, 0.25) is 0 Å². The zero-order valence-corrected chi connectivity index (χ0v) is 8.15.